The quantitative estimate of drug-likeness (QED) is 0.843. The third-order valence-corrected chi connectivity index (χ3v) is 4.53. The van der Waals surface area contributed by atoms with Crippen molar-refractivity contribution in [3.63, 3.8) is 0 Å². The van der Waals surface area contributed by atoms with E-state index in [1.807, 2.05) is 18.3 Å². The van der Waals surface area contributed by atoms with E-state index in [0.29, 0.717) is 0 Å². The number of aliphatic imine (C=N–C) groups is 1. The van der Waals surface area contributed by atoms with Crippen molar-refractivity contribution in [3.05, 3.63) is 30.3 Å². The number of hydrogen-bond donors (Lipinski definition) is 1. The van der Waals surface area contributed by atoms with Gasteiger partial charge >= 0.3 is 0 Å². The molecule has 0 saturated carbocycles. The van der Waals surface area contributed by atoms with Gasteiger partial charge in [-0.15, -0.1) is 0 Å². The number of piperidine rings is 1. The first-order valence-corrected chi connectivity index (χ1v) is 8.30. The van der Waals surface area contributed by atoms with Crippen LogP contribution in [0.15, 0.2) is 29.8 Å². The Bertz CT molecular complexity index is 558. The third-order valence-electron chi connectivity index (χ3n) is 4.53. The second-order valence-electron chi connectivity index (χ2n) is 6.22. The van der Waals surface area contributed by atoms with Crippen LogP contribution in [0.5, 0.6) is 0 Å². The normalized spacial score (nSPS) is 18.4. The van der Waals surface area contributed by atoms with Crippen LogP contribution in [0.4, 0.5) is 11.4 Å². The van der Waals surface area contributed by atoms with Crippen molar-refractivity contribution >= 4 is 23.4 Å². The van der Waals surface area contributed by atoms with Crippen LogP contribution >= 0.6 is 0 Å². The number of fused-ring (bicyclic) bond motifs is 1. The summed E-state index contributed by atoms with van der Waals surface area (Å²) in [6.07, 6.45) is 7.16. The molecule has 118 valence electrons. The minimum atomic E-state index is 1.00. The zero-order valence-electron chi connectivity index (χ0n) is 13.5. The standard InChI is InChI=1S/C18H26N4/c1-15-17-8-7-16(13-18(17)20-14-21(15)2)19-9-6-12-22-10-4-3-5-11-22/h7-8,13-14,19H,1,3-6,9-12H2,2H3. The van der Waals surface area contributed by atoms with E-state index in [1.165, 1.54) is 45.3 Å². The molecule has 4 heteroatoms. The van der Waals surface area contributed by atoms with Crippen LogP contribution in [0.25, 0.3) is 5.70 Å². The van der Waals surface area contributed by atoms with Gasteiger partial charge in [0.05, 0.1) is 12.0 Å². The molecule has 0 bridgehead atoms. The van der Waals surface area contributed by atoms with E-state index in [-0.39, 0.29) is 0 Å². The molecule has 1 aromatic carbocycles. The lowest BCUT2D eigenvalue weighted by atomic mass is 10.1. The van der Waals surface area contributed by atoms with Gasteiger partial charge < -0.3 is 15.1 Å². The predicted molar refractivity (Wildman–Crippen MR) is 94.8 cm³/mol. The van der Waals surface area contributed by atoms with Crippen molar-refractivity contribution in [2.45, 2.75) is 25.7 Å². The zero-order valence-corrected chi connectivity index (χ0v) is 13.5. The molecule has 0 radical (unpaired) electrons. The molecular formula is C18H26N4. The Morgan fingerprint density at radius 3 is 2.86 bits per heavy atom. The second kappa shape index (κ2) is 6.97. The topological polar surface area (TPSA) is 30.9 Å². The van der Waals surface area contributed by atoms with Crippen LogP contribution < -0.4 is 5.32 Å². The molecule has 1 N–H and O–H groups in total. The SMILES string of the molecule is C=C1c2ccc(NCCCN3CCCCC3)cc2N=CN1C. The summed E-state index contributed by atoms with van der Waals surface area (Å²) in [7, 11) is 1.97. The van der Waals surface area contributed by atoms with Gasteiger partial charge in [-0.3, -0.25) is 0 Å². The monoisotopic (exact) mass is 298 g/mol. The lowest BCUT2D eigenvalue weighted by molar-refractivity contribution is 0.228. The summed E-state index contributed by atoms with van der Waals surface area (Å²) in [5.41, 5.74) is 4.27. The van der Waals surface area contributed by atoms with Crippen LogP contribution in [0.3, 0.4) is 0 Å². The molecule has 0 aliphatic carbocycles. The van der Waals surface area contributed by atoms with Crippen LogP contribution in [0.1, 0.15) is 31.2 Å². The van der Waals surface area contributed by atoms with Crippen molar-refractivity contribution in [2.24, 2.45) is 4.99 Å². The van der Waals surface area contributed by atoms with E-state index in [2.05, 4.69) is 40.0 Å². The molecular weight excluding hydrogens is 272 g/mol. The van der Waals surface area contributed by atoms with Gasteiger partial charge in [-0.2, -0.15) is 0 Å². The van der Waals surface area contributed by atoms with E-state index in [9.17, 15) is 0 Å². The number of nitrogens with zero attached hydrogens (tertiary/aromatic N) is 3. The van der Waals surface area contributed by atoms with E-state index in [4.69, 9.17) is 0 Å². The summed E-state index contributed by atoms with van der Waals surface area (Å²) >= 11 is 0. The highest BCUT2D eigenvalue weighted by atomic mass is 15.2. The Kier molecular flexibility index (Phi) is 4.78. The molecule has 4 nitrogen and oxygen atoms in total. The summed E-state index contributed by atoms with van der Waals surface area (Å²) in [5, 5.41) is 3.52. The fourth-order valence-electron chi connectivity index (χ4n) is 3.12. The molecule has 22 heavy (non-hydrogen) atoms. The third kappa shape index (κ3) is 3.50. The summed E-state index contributed by atoms with van der Waals surface area (Å²) in [6.45, 7) is 8.88. The van der Waals surface area contributed by atoms with Crippen molar-refractivity contribution in [3.8, 4) is 0 Å². The molecule has 0 unspecified atom stereocenters. The van der Waals surface area contributed by atoms with Gasteiger partial charge in [-0.05, 0) is 57.1 Å². The minimum absolute atomic E-state index is 1.00. The van der Waals surface area contributed by atoms with E-state index in [0.717, 1.165) is 29.2 Å². The molecule has 2 heterocycles. The second-order valence-corrected chi connectivity index (χ2v) is 6.22. The van der Waals surface area contributed by atoms with Crippen molar-refractivity contribution in [2.75, 3.05) is 38.5 Å². The minimum Gasteiger partial charge on any atom is -0.385 e. The molecule has 0 amide bonds. The van der Waals surface area contributed by atoms with Gasteiger partial charge in [0.25, 0.3) is 0 Å². The van der Waals surface area contributed by atoms with Crippen LogP contribution in [-0.2, 0) is 0 Å². The number of rotatable bonds is 5. The van der Waals surface area contributed by atoms with E-state index in [1.54, 1.807) is 0 Å². The first kappa shape index (κ1) is 15.1. The summed E-state index contributed by atoms with van der Waals surface area (Å²) in [6, 6.07) is 6.35. The van der Waals surface area contributed by atoms with Crippen molar-refractivity contribution < 1.29 is 0 Å². The maximum atomic E-state index is 4.48. The highest BCUT2D eigenvalue weighted by Crippen LogP contribution is 2.32. The molecule has 0 atom stereocenters. The Morgan fingerprint density at radius 2 is 2.05 bits per heavy atom. The number of hydrogen-bond acceptors (Lipinski definition) is 4. The highest BCUT2D eigenvalue weighted by molar-refractivity contribution is 5.87. The van der Waals surface area contributed by atoms with E-state index < -0.39 is 0 Å². The Balaban J connectivity index is 1.50. The molecule has 1 aromatic rings. The Labute approximate surface area is 133 Å². The summed E-state index contributed by atoms with van der Waals surface area (Å²) < 4.78 is 0. The highest BCUT2D eigenvalue weighted by Gasteiger charge is 2.13. The first-order chi connectivity index (χ1) is 10.7. The van der Waals surface area contributed by atoms with Gasteiger partial charge in [-0.25, -0.2) is 4.99 Å². The van der Waals surface area contributed by atoms with Crippen LogP contribution in [0, 0.1) is 0 Å². The predicted octanol–water partition coefficient (Wildman–Crippen LogP) is 3.55. The molecule has 1 fully saturated rings. The molecule has 1 saturated heterocycles. The van der Waals surface area contributed by atoms with Gasteiger partial charge in [0.15, 0.2) is 0 Å². The molecule has 0 aromatic heterocycles. The average molecular weight is 298 g/mol. The maximum Gasteiger partial charge on any atom is 0.0954 e. The number of benzene rings is 1. The van der Waals surface area contributed by atoms with Crippen LogP contribution in [-0.4, -0.2) is 49.4 Å². The zero-order chi connectivity index (χ0) is 15.4. The summed E-state index contributed by atoms with van der Waals surface area (Å²) in [5.74, 6) is 0. The molecule has 0 spiro atoms. The fourth-order valence-corrected chi connectivity index (χ4v) is 3.12. The van der Waals surface area contributed by atoms with Crippen molar-refractivity contribution in [1.82, 2.24) is 9.80 Å². The van der Waals surface area contributed by atoms with Crippen molar-refractivity contribution in [1.29, 1.82) is 0 Å². The maximum absolute atomic E-state index is 4.48. The lowest BCUT2D eigenvalue weighted by Gasteiger charge is -2.26. The molecule has 2 aliphatic heterocycles. The number of likely N-dealkylation sites (tertiary alicyclic amines) is 1. The fraction of sp³-hybridized carbons (Fsp3) is 0.500. The van der Waals surface area contributed by atoms with Gasteiger partial charge in [0, 0.05) is 30.5 Å². The Hall–Kier alpha value is -1.81. The Morgan fingerprint density at radius 1 is 1.23 bits per heavy atom. The molecule has 3 rings (SSSR count). The van der Waals surface area contributed by atoms with E-state index >= 15 is 0 Å². The van der Waals surface area contributed by atoms with Gasteiger partial charge in [0.1, 0.15) is 0 Å². The number of anilines is 1. The van der Waals surface area contributed by atoms with Gasteiger partial charge in [0.2, 0.25) is 0 Å². The lowest BCUT2D eigenvalue weighted by Crippen LogP contribution is -2.31. The largest absolute Gasteiger partial charge is 0.385 e. The number of nitrogens with one attached hydrogen (secondary N) is 1. The smallest absolute Gasteiger partial charge is 0.0954 e. The first-order valence-electron chi connectivity index (χ1n) is 8.30. The molecule has 2 aliphatic rings. The van der Waals surface area contributed by atoms with Crippen LogP contribution in [0.2, 0.25) is 0 Å². The average Bonchev–Trinajstić information content (AvgIpc) is 2.56. The van der Waals surface area contributed by atoms with Gasteiger partial charge in [-0.1, -0.05) is 13.0 Å². The summed E-state index contributed by atoms with van der Waals surface area (Å²) in [4.78, 5) is 9.02.